The number of benzene rings is 1. The lowest BCUT2D eigenvalue weighted by molar-refractivity contribution is -0.151. The van der Waals surface area contributed by atoms with Crippen LogP contribution in [0.2, 0.25) is 0 Å². The van der Waals surface area contributed by atoms with E-state index in [4.69, 9.17) is 14.2 Å². The molecule has 2 aromatic rings. The largest absolute Gasteiger partial charge is 0.493 e. The fraction of sp³-hybridized carbons (Fsp3) is 0.520. The van der Waals surface area contributed by atoms with Crippen LogP contribution < -0.4 is 4.74 Å². The molecule has 31 heavy (non-hydrogen) atoms. The van der Waals surface area contributed by atoms with Crippen molar-refractivity contribution >= 4 is 5.91 Å². The number of carbonyl (C=O) groups is 1. The van der Waals surface area contributed by atoms with E-state index in [-0.39, 0.29) is 18.1 Å². The molecule has 1 amide bonds. The molecule has 0 bridgehead atoms. The van der Waals surface area contributed by atoms with Crippen LogP contribution in [0, 0.1) is 5.92 Å². The maximum absolute atomic E-state index is 12.5. The highest BCUT2D eigenvalue weighted by atomic mass is 16.5. The number of rotatable bonds is 8. The van der Waals surface area contributed by atoms with Gasteiger partial charge < -0.3 is 19.1 Å². The van der Waals surface area contributed by atoms with Gasteiger partial charge in [0.25, 0.3) is 0 Å². The second-order valence-corrected chi connectivity index (χ2v) is 8.57. The number of carbonyl (C=O) groups excluding carboxylic acids is 1. The van der Waals surface area contributed by atoms with Crippen LogP contribution in [-0.2, 0) is 20.9 Å². The monoisotopic (exact) mass is 424 g/mol. The lowest BCUT2D eigenvalue weighted by atomic mass is 9.78. The lowest BCUT2D eigenvalue weighted by Gasteiger charge is -2.46. The van der Waals surface area contributed by atoms with Crippen LogP contribution in [0.5, 0.6) is 5.75 Å². The first-order valence-electron chi connectivity index (χ1n) is 11.3. The Kier molecular flexibility index (Phi) is 7.54. The molecule has 1 aromatic carbocycles. The third kappa shape index (κ3) is 6.28. The summed E-state index contributed by atoms with van der Waals surface area (Å²) in [4.78, 5) is 18.5. The van der Waals surface area contributed by atoms with Gasteiger partial charge in [0.1, 0.15) is 12.4 Å². The van der Waals surface area contributed by atoms with Gasteiger partial charge in [-0.2, -0.15) is 0 Å². The normalized spacial score (nSPS) is 20.5. The molecule has 6 nitrogen and oxygen atoms in total. The summed E-state index contributed by atoms with van der Waals surface area (Å²) >= 11 is 0. The molecular formula is C25H32N2O4. The number of aromatic nitrogens is 1. The standard InChI is InChI=1S/C25H32N2O4/c28-24(20-29-19-22-4-2-1-3-5-22)27-14-10-25(11-15-27)18-21(9-17-31-25)8-16-30-23-6-12-26-13-7-23/h1-7,12-13,21H,8-11,14-20H2. The Morgan fingerprint density at radius 3 is 2.68 bits per heavy atom. The van der Waals surface area contributed by atoms with Gasteiger partial charge in [-0.1, -0.05) is 30.3 Å². The zero-order valence-corrected chi connectivity index (χ0v) is 18.1. The zero-order valence-electron chi connectivity index (χ0n) is 18.1. The summed E-state index contributed by atoms with van der Waals surface area (Å²) in [6.07, 6.45) is 8.47. The number of piperidine rings is 1. The first-order chi connectivity index (χ1) is 15.2. The van der Waals surface area contributed by atoms with E-state index in [1.165, 1.54) is 0 Å². The number of hydrogen-bond acceptors (Lipinski definition) is 5. The molecule has 0 N–H and O–H groups in total. The molecule has 2 aliphatic rings. The van der Waals surface area contributed by atoms with Crippen LogP contribution in [0.1, 0.15) is 37.7 Å². The molecule has 1 aromatic heterocycles. The van der Waals surface area contributed by atoms with Crippen molar-refractivity contribution in [3.05, 3.63) is 60.4 Å². The minimum atomic E-state index is -0.0821. The van der Waals surface area contributed by atoms with E-state index in [1.807, 2.05) is 47.4 Å². The molecular weight excluding hydrogens is 392 g/mol. The van der Waals surface area contributed by atoms with Crippen molar-refractivity contribution in [2.24, 2.45) is 5.92 Å². The summed E-state index contributed by atoms with van der Waals surface area (Å²) < 4.78 is 17.7. The predicted molar refractivity (Wildman–Crippen MR) is 118 cm³/mol. The number of hydrogen-bond donors (Lipinski definition) is 0. The summed E-state index contributed by atoms with van der Waals surface area (Å²) in [7, 11) is 0. The Morgan fingerprint density at radius 2 is 1.90 bits per heavy atom. The molecule has 1 unspecified atom stereocenters. The summed E-state index contributed by atoms with van der Waals surface area (Å²) in [5, 5.41) is 0. The average molecular weight is 425 g/mol. The smallest absolute Gasteiger partial charge is 0.248 e. The van der Waals surface area contributed by atoms with Crippen LogP contribution in [0.4, 0.5) is 0 Å². The first kappa shape index (κ1) is 21.8. The second-order valence-electron chi connectivity index (χ2n) is 8.57. The van der Waals surface area contributed by atoms with Crippen LogP contribution in [-0.4, -0.2) is 54.3 Å². The summed E-state index contributed by atoms with van der Waals surface area (Å²) in [5.41, 5.74) is 1.00. The Bertz CT molecular complexity index is 807. The number of ether oxygens (including phenoxy) is 3. The van der Waals surface area contributed by atoms with Crippen LogP contribution in [0.15, 0.2) is 54.9 Å². The van der Waals surface area contributed by atoms with Crippen molar-refractivity contribution in [3.63, 3.8) is 0 Å². The molecule has 2 aliphatic heterocycles. The SMILES string of the molecule is O=C(COCc1ccccc1)N1CCC2(CC1)CC(CCOc1ccncc1)CCO2. The van der Waals surface area contributed by atoms with Crippen LogP contribution >= 0.6 is 0 Å². The van der Waals surface area contributed by atoms with E-state index >= 15 is 0 Å². The summed E-state index contributed by atoms with van der Waals surface area (Å²) in [5.74, 6) is 1.55. The molecule has 6 heteroatoms. The maximum Gasteiger partial charge on any atom is 0.248 e. The van der Waals surface area contributed by atoms with Crippen molar-refractivity contribution in [1.82, 2.24) is 9.88 Å². The lowest BCUT2D eigenvalue weighted by Crippen LogP contribution is -2.51. The Hall–Kier alpha value is -2.44. The van der Waals surface area contributed by atoms with Gasteiger partial charge in [0.15, 0.2) is 0 Å². The molecule has 166 valence electrons. The van der Waals surface area contributed by atoms with Crippen LogP contribution in [0.25, 0.3) is 0 Å². The first-order valence-corrected chi connectivity index (χ1v) is 11.3. The molecule has 3 heterocycles. The summed E-state index contributed by atoms with van der Waals surface area (Å²) in [6.45, 7) is 3.61. The minimum Gasteiger partial charge on any atom is -0.493 e. The second kappa shape index (κ2) is 10.7. The fourth-order valence-electron chi connectivity index (χ4n) is 4.59. The summed E-state index contributed by atoms with van der Waals surface area (Å²) in [6, 6.07) is 13.7. The highest BCUT2D eigenvalue weighted by Gasteiger charge is 2.40. The van der Waals surface area contributed by atoms with Gasteiger partial charge in [0, 0.05) is 32.1 Å². The van der Waals surface area contributed by atoms with E-state index in [0.29, 0.717) is 19.1 Å². The van der Waals surface area contributed by atoms with Crippen molar-refractivity contribution in [2.75, 3.05) is 32.9 Å². The van der Waals surface area contributed by atoms with E-state index in [0.717, 1.165) is 63.1 Å². The molecule has 4 rings (SSSR count). The fourth-order valence-corrected chi connectivity index (χ4v) is 4.59. The van der Waals surface area contributed by atoms with E-state index < -0.39 is 0 Å². The maximum atomic E-state index is 12.5. The zero-order chi connectivity index (χ0) is 21.4. The van der Waals surface area contributed by atoms with Crippen molar-refractivity contribution < 1.29 is 19.0 Å². The molecule has 1 spiro atoms. The highest BCUT2D eigenvalue weighted by Crippen LogP contribution is 2.38. The van der Waals surface area contributed by atoms with Gasteiger partial charge in [-0.05, 0) is 55.7 Å². The number of likely N-dealkylation sites (tertiary alicyclic amines) is 1. The Labute approximate surface area is 184 Å². The molecule has 1 atom stereocenters. The van der Waals surface area contributed by atoms with Gasteiger partial charge in [-0.15, -0.1) is 0 Å². The van der Waals surface area contributed by atoms with Gasteiger partial charge in [0.2, 0.25) is 5.91 Å². The third-order valence-electron chi connectivity index (χ3n) is 6.40. The predicted octanol–water partition coefficient (Wildman–Crippen LogP) is 3.86. The third-order valence-corrected chi connectivity index (χ3v) is 6.40. The molecule has 2 fully saturated rings. The van der Waals surface area contributed by atoms with Gasteiger partial charge >= 0.3 is 0 Å². The molecule has 0 radical (unpaired) electrons. The van der Waals surface area contributed by atoms with Crippen molar-refractivity contribution in [3.8, 4) is 5.75 Å². The number of amides is 1. The Balaban J connectivity index is 1.17. The number of pyridine rings is 1. The van der Waals surface area contributed by atoms with Gasteiger partial charge in [0.05, 0.1) is 18.8 Å². The van der Waals surface area contributed by atoms with Gasteiger partial charge in [-0.3, -0.25) is 9.78 Å². The topological polar surface area (TPSA) is 60.9 Å². The van der Waals surface area contributed by atoms with Gasteiger partial charge in [-0.25, -0.2) is 0 Å². The molecule has 0 saturated carbocycles. The van der Waals surface area contributed by atoms with E-state index in [1.54, 1.807) is 12.4 Å². The van der Waals surface area contributed by atoms with E-state index in [9.17, 15) is 4.79 Å². The molecule has 0 aliphatic carbocycles. The quantitative estimate of drug-likeness (QED) is 0.644. The minimum absolute atomic E-state index is 0.0730. The average Bonchev–Trinajstić information content (AvgIpc) is 2.81. The van der Waals surface area contributed by atoms with E-state index in [2.05, 4.69) is 4.98 Å². The number of nitrogens with zero attached hydrogens (tertiary/aromatic N) is 2. The Morgan fingerprint density at radius 1 is 1.13 bits per heavy atom. The highest BCUT2D eigenvalue weighted by molar-refractivity contribution is 5.77. The van der Waals surface area contributed by atoms with Crippen molar-refractivity contribution in [2.45, 2.75) is 44.3 Å². The van der Waals surface area contributed by atoms with Crippen LogP contribution in [0.3, 0.4) is 0 Å². The van der Waals surface area contributed by atoms with Crippen molar-refractivity contribution in [1.29, 1.82) is 0 Å². The molecule has 2 saturated heterocycles.